The monoisotopic (exact) mass is 322 g/mol. The summed E-state index contributed by atoms with van der Waals surface area (Å²) in [5, 5.41) is 9.69. The fourth-order valence-electron chi connectivity index (χ4n) is 2.39. The van der Waals surface area contributed by atoms with E-state index in [1.54, 1.807) is 23.9 Å². The Morgan fingerprint density at radius 3 is 2.57 bits per heavy atom. The standard InChI is InChI=1S/C17H26N2O4/c1-18(2)16(20)13-22-15-8-10-19(11-9-15)17(21)23-12-14-6-4-3-5-7-14/h3-7,15-16,20H,8-13H2,1-2H3. The molecule has 0 radical (unpaired) electrons. The second kappa shape index (κ2) is 8.86. The Labute approximate surface area is 137 Å². The van der Waals surface area contributed by atoms with E-state index in [1.165, 1.54) is 0 Å². The van der Waals surface area contributed by atoms with Crippen LogP contribution in [0.4, 0.5) is 4.79 Å². The van der Waals surface area contributed by atoms with E-state index in [2.05, 4.69) is 0 Å². The van der Waals surface area contributed by atoms with E-state index in [4.69, 9.17) is 9.47 Å². The molecule has 2 rings (SSSR count). The number of nitrogens with zero attached hydrogens (tertiary/aromatic N) is 2. The van der Waals surface area contributed by atoms with Gasteiger partial charge in [-0.3, -0.25) is 4.90 Å². The van der Waals surface area contributed by atoms with Crippen molar-refractivity contribution in [3.05, 3.63) is 35.9 Å². The summed E-state index contributed by atoms with van der Waals surface area (Å²) in [7, 11) is 3.61. The zero-order valence-corrected chi connectivity index (χ0v) is 13.9. The smallest absolute Gasteiger partial charge is 0.410 e. The van der Waals surface area contributed by atoms with Crippen LogP contribution in [-0.2, 0) is 16.1 Å². The number of hydrogen-bond acceptors (Lipinski definition) is 5. The highest BCUT2D eigenvalue weighted by molar-refractivity contribution is 5.67. The molecule has 0 saturated carbocycles. The number of rotatable bonds is 6. The number of aliphatic hydroxyl groups excluding tert-OH is 1. The van der Waals surface area contributed by atoms with Gasteiger partial charge in [-0.05, 0) is 32.5 Å². The summed E-state index contributed by atoms with van der Waals surface area (Å²) in [6.45, 7) is 1.83. The van der Waals surface area contributed by atoms with Crippen molar-refractivity contribution in [3.8, 4) is 0 Å². The van der Waals surface area contributed by atoms with Crippen LogP contribution in [-0.4, -0.2) is 67.1 Å². The Bertz CT molecular complexity index is 473. The molecule has 23 heavy (non-hydrogen) atoms. The van der Waals surface area contributed by atoms with Gasteiger partial charge in [-0.2, -0.15) is 0 Å². The lowest BCUT2D eigenvalue weighted by atomic mass is 10.1. The van der Waals surface area contributed by atoms with Crippen LogP contribution in [0.25, 0.3) is 0 Å². The average Bonchev–Trinajstić information content (AvgIpc) is 2.58. The summed E-state index contributed by atoms with van der Waals surface area (Å²) in [5.74, 6) is 0. The van der Waals surface area contributed by atoms with E-state index in [0.717, 1.165) is 18.4 Å². The van der Waals surface area contributed by atoms with Crippen molar-refractivity contribution in [2.24, 2.45) is 0 Å². The van der Waals surface area contributed by atoms with E-state index < -0.39 is 6.23 Å². The summed E-state index contributed by atoms with van der Waals surface area (Å²) < 4.78 is 11.0. The predicted octanol–water partition coefficient (Wildman–Crippen LogP) is 1.68. The normalized spacial score (nSPS) is 17.3. The fraction of sp³-hybridized carbons (Fsp3) is 0.588. The maximum Gasteiger partial charge on any atom is 0.410 e. The highest BCUT2D eigenvalue weighted by Gasteiger charge is 2.24. The fourth-order valence-corrected chi connectivity index (χ4v) is 2.39. The molecular formula is C17H26N2O4. The Kier molecular flexibility index (Phi) is 6.83. The van der Waals surface area contributed by atoms with Gasteiger partial charge in [0.1, 0.15) is 12.8 Å². The Balaban J connectivity index is 1.66. The quantitative estimate of drug-likeness (QED) is 0.808. The summed E-state index contributed by atoms with van der Waals surface area (Å²) in [6.07, 6.45) is 0.744. The van der Waals surface area contributed by atoms with Crippen LogP contribution < -0.4 is 0 Å². The second-order valence-electron chi connectivity index (χ2n) is 6.00. The third kappa shape index (κ3) is 5.82. The number of carbonyl (C=O) groups excluding carboxylic acids is 1. The maximum atomic E-state index is 12.0. The molecule has 6 heteroatoms. The van der Waals surface area contributed by atoms with Crippen molar-refractivity contribution >= 4 is 6.09 Å². The van der Waals surface area contributed by atoms with Gasteiger partial charge in [-0.15, -0.1) is 0 Å². The summed E-state index contributed by atoms with van der Waals surface area (Å²) >= 11 is 0. The van der Waals surface area contributed by atoms with Crippen LogP contribution in [0.15, 0.2) is 30.3 Å². The largest absolute Gasteiger partial charge is 0.445 e. The molecule has 1 saturated heterocycles. The molecule has 1 aliphatic heterocycles. The Hall–Kier alpha value is -1.63. The highest BCUT2D eigenvalue weighted by Crippen LogP contribution is 2.15. The molecular weight excluding hydrogens is 296 g/mol. The molecule has 0 aromatic heterocycles. The Morgan fingerprint density at radius 2 is 1.96 bits per heavy atom. The summed E-state index contributed by atoms with van der Waals surface area (Å²) in [5.41, 5.74) is 0.983. The van der Waals surface area contributed by atoms with E-state index in [0.29, 0.717) is 19.7 Å². The number of hydrogen-bond donors (Lipinski definition) is 1. The minimum absolute atomic E-state index is 0.0859. The molecule has 1 aromatic rings. The minimum atomic E-state index is -0.594. The van der Waals surface area contributed by atoms with Crippen LogP contribution in [0.2, 0.25) is 0 Å². The molecule has 1 N–H and O–H groups in total. The molecule has 0 bridgehead atoms. The second-order valence-corrected chi connectivity index (χ2v) is 6.00. The number of piperidine rings is 1. The molecule has 1 aromatic carbocycles. The van der Waals surface area contributed by atoms with Gasteiger partial charge in [0.25, 0.3) is 0 Å². The molecule has 1 fully saturated rings. The molecule has 1 atom stereocenters. The van der Waals surface area contributed by atoms with Crippen LogP contribution in [0.3, 0.4) is 0 Å². The first-order valence-electron chi connectivity index (χ1n) is 7.98. The number of ether oxygens (including phenoxy) is 2. The van der Waals surface area contributed by atoms with Gasteiger partial charge in [0.05, 0.1) is 12.7 Å². The number of benzene rings is 1. The van der Waals surface area contributed by atoms with Crippen LogP contribution in [0.5, 0.6) is 0 Å². The lowest BCUT2D eigenvalue weighted by Gasteiger charge is -2.32. The summed E-state index contributed by atoms with van der Waals surface area (Å²) in [4.78, 5) is 15.5. The SMILES string of the molecule is CN(C)C(O)COC1CCN(C(=O)OCc2ccccc2)CC1. The van der Waals surface area contributed by atoms with Gasteiger partial charge in [0.2, 0.25) is 0 Å². The molecule has 6 nitrogen and oxygen atoms in total. The third-order valence-electron chi connectivity index (χ3n) is 3.98. The predicted molar refractivity (Wildman–Crippen MR) is 86.9 cm³/mol. The molecule has 1 aliphatic rings. The molecule has 1 unspecified atom stereocenters. The van der Waals surface area contributed by atoms with E-state index >= 15 is 0 Å². The zero-order chi connectivity index (χ0) is 16.7. The lowest BCUT2D eigenvalue weighted by Crippen LogP contribution is -2.42. The van der Waals surface area contributed by atoms with Crippen molar-refractivity contribution < 1.29 is 19.4 Å². The molecule has 1 heterocycles. The third-order valence-corrected chi connectivity index (χ3v) is 3.98. The van der Waals surface area contributed by atoms with Crippen LogP contribution in [0, 0.1) is 0 Å². The van der Waals surface area contributed by atoms with Crippen molar-refractivity contribution in [1.82, 2.24) is 9.80 Å². The van der Waals surface area contributed by atoms with Crippen LogP contribution >= 0.6 is 0 Å². The van der Waals surface area contributed by atoms with Gasteiger partial charge < -0.3 is 19.5 Å². The Morgan fingerprint density at radius 1 is 1.30 bits per heavy atom. The first-order chi connectivity index (χ1) is 11.1. The number of amides is 1. The number of aliphatic hydroxyl groups is 1. The number of likely N-dealkylation sites (tertiary alicyclic amines) is 1. The minimum Gasteiger partial charge on any atom is -0.445 e. The molecule has 128 valence electrons. The molecule has 0 spiro atoms. The van der Waals surface area contributed by atoms with E-state index in [-0.39, 0.29) is 18.8 Å². The molecule has 0 aliphatic carbocycles. The van der Waals surface area contributed by atoms with E-state index in [9.17, 15) is 9.90 Å². The number of likely N-dealkylation sites (N-methyl/N-ethyl adjacent to an activating group) is 1. The molecule has 1 amide bonds. The van der Waals surface area contributed by atoms with Gasteiger partial charge in [-0.25, -0.2) is 4.79 Å². The van der Waals surface area contributed by atoms with Gasteiger partial charge in [-0.1, -0.05) is 30.3 Å². The average molecular weight is 322 g/mol. The topological polar surface area (TPSA) is 62.2 Å². The van der Waals surface area contributed by atoms with Gasteiger partial charge in [0.15, 0.2) is 0 Å². The first kappa shape index (κ1) is 17.7. The first-order valence-corrected chi connectivity index (χ1v) is 7.98. The number of carbonyl (C=O) groups is 1. The van der Waals surface area contributed by atoms with E-state index in [1.807, 2.05) is 30.3 Å². The van der Waals surface area contributed by atoms with Crippen molar-refractivity contribution in [2.75, 3.05) is 33.8 Å². The summed E-state index contributed by atoms with van der Waals surface area (Å²) in [6, 6.07) is 9.65. The maximum absolute atomic E-state index is 12.0. The highest BCUT2D eigenvalue weighted by atomic mass is 16.6. The lowest BCUT2D eigenvalue weighted by molar-refractivity contribution is -0.0755. The zero-order valence-electron chi connectivity index (χ0n) is 13.9. The van der Waals surface area contributed by atoms with Gasteiger partial charge in [0, 0.05) is 13.1 Å². The van der Waals surface area contributed by atoms with Gasteiger partial charge >= 0.3 is 6.09 Å². The van der Waals surface area contributed by atoms with Crippen molar-refractivity contribution in [3.63, 3.8) is 0 Å². The van der Waals surface area contributed by atoms with Crippen molar-refractivity contribution in [1.29, 1.82) is 0 Å². The van der Waals surface area contributed by atoms with Crippen LogP contribution in [0.1, 0.15) is 18.4 Å². The van der Waals surface area contributed by atoms with Crippen molar-refractivity contribution in [2.45, 2.75) is 31.8 Å².